The number of halogens is 8. The first-order chi connectivity index (χ1) is 12.7. The molecule has 0 radical (unpaired) electrons. The largest absolute Gasteiger partial charge is 0.476 e. The molecule has 1 aromatic heterocycles. The molecule has 0 saturated heterocycles. The zero-order chi connectivity index (χ0) is 21.6. The first-order valence-electron chi connectivity index (χ1n) is 6.67. The Bertz CT molecular complexity index is 963. The number of benzene rings is 1. The molecular formula is C12H8Cl2F6N6OS. The van der Waals surface area contributed by atoms with Gasteiger partial charge in [0.25, 0.3) is 0 Å². The van der Waals surface area contributed by atoms with E-state index in [1.807, 2.05) is 0 Å². The summed E-state index contributed by atoms with van der Waals surface area (Å²) in [6.07, 6.45) is -4.80. The molecule has 0 spiro atoms. The molecule has 6 N–H and O–H groups in total. The predicted molar refractivity (Wildman–Crippen MR) is 90.4 cm³/mol. The molecule has 154 valence electrons. The summed E-state index contributed by atoms with van der Waals surface area (Å²) >= 11 is 11.6. The van der Waals surface area contributed by atoms with Gasteiger partial charge >= 0.3 is 11.7 Å². The molecular weight excluding hydrogens is 461 g/mol. The standard InChI is InChI=1S/C12H8Cl2F6N6OS/c13-4-1-3(11(15,16)17)2-5(14)7(4)26-10(22)8(28(27)12(18,19)20)6(25-26)9(21)24-23/h1-2H,22-23H2,(H2,21,24). The highest BCUT2D eigenvalue weighted by Gasteiger charge is 2.43. The van der Waals surface area contributed by atoms with Gasteiger partial charge in [0.05, 0.1) is 15.6 Å². The van der Waals surface area contributed by atoms with E-state index < -0.39 is 66.0 Å². The van der Waals surface area contributed by atoms with Crippen LogP contribution in [0.5, 0.6) is 0 Å². The van der Waals surface area contributed by atoms with E-state index in [1.54, 1.807) is 0 Å². The fourth-order valence-electron chi connectivity index (χ4n) is 2.05. The fraction of sp³-hybridized carbons (Fsp3) is 0.167. The van der Waals surface area contributed by atoms with Crippen LogP contribution in [0.2, 0.25) is 10.0 Å². The van der Waals surface area contributed by atoms with E-state index in [4.69, 9.17) is 40.5 Å². The minimum atomic E-state index is -5.26. The Morgan fingerprint density at radius 3 is 2.04 bits per heavy atom. The van der Waals surface area contributed by atoms with Crippen LogP contribution in [0.1, 0.15) is 11.3 Å². The van der Waals surface area contributed by atoms with Crippen molar-refractivity contribution in [3.63, 3.8) is 0 Å². The number of hydrazone groups is 1. The van der Waals surface area contributed by atoms with Crippen molar-refractivity contribution in [2.24, 2.45) is 16.7 Å². The lowest BCUT2D eigenvalue weighted by Crippen LogP contribution is -2.23. The van der Waals surface area contributed by atoms with Crippen molar-refractivity contribution >= 4 is 45.7 Å². The molecule has 16 heteroatoms. The van der Waals surface area contributed by atoms with Crippen LogP contribution in [0.15, 0.2) is 22.1 Å². The van der Waals surface area contributed by atoms with Gasteiger partial charge < -0.3 is 17.3 Å². The summed E-state index contributed by atoms with van der Waals surface area (Å²) in [5.41, 5.74) is 3.19. The Labute approximate surface area is 164 Å². The van der Waals surface area contributed by atoms with Crippen LogP contribution >= 0.6 is 23.2 Å². The topological polar surface area (TPSA) is 125 Å². The minimum Gasteiger partial charge on any atom is -0.383 e. The summed E-state index contributed by atoms with van der Waals surface area (Å²) in [5.74, 6) is 3.27. The van der Waals surface area contributed by atoms with Crippen LogP contribution in [0.25, 0.3) is 5.69 Å². The number of hydrogen-bond donors (Lipinski definition) is 3. The zero-order valence-corrected chi connectivity index (χ0v) is 15.4. The lowest BCUT2D eigenvalue weighted by Gasteiger charge is -2.13. The molecule has 1 aromatic carbocycles. The van der Waals surface area contributed by atoms with E-state index in [-0.39, 0.29) is 0 Å². The van der Waals surface area contributed by atoms with Gasteiger partial charge in [-0.25, -0.2) is 8.89 Å². The molecule has 2 rings (SSSR count). The number of hydrogen-bond acceptors (Lipinski definition) is 5. The van der Waals surface area contributed by atoms with Gasteiger partial charge in [0.2, 0.25) is 0 Å². The molecule has 0 saturated carbocycles. The van der Waals surface area contributed by atoms with Crippen LogP contribution in [0, 0.1) is 0 Å². The van der Waals surface area contributed by atoms with Crippen molar-refractivity contribution in [1.82, 2.24) is 9.78 Å². The SMILES string of the molecule is NN=C(N)c1nn(-c2c(Cl)cc(C(F)(F)F)cc2Cl)c(N)c1S(=O)C(F)(F)F. The Kier molecular flexibility index (Phi) is 5.78. The first kappa shape index (κ1) is 22.1. The maximum atomic E-state index is 12.9. The van der Waals surface area contributed by atoms with Crippen molar-refractivity contribution < 1.29 is 30.6 Å². The number of amidine groups is 1. The third kappa shape index (κ3) is 3.98. The number of rotatable bonds is 3. The Balaban J connectivity index is 2.82. The molecule has 0 fully saturated rings. The average molecular weight is 469 g/mol. The monoisotopic (exact) mass is 468 g/mol. The second kappa shape index (κ2) is 7.33. The van der Waals surface area contributed by atoms with Gasteiger partial charge in [-0.15, -0.1) is 0 Å². The van der Waals surface area contributed by atoms with Gasteiger partial charge in [-0.1, -0.05) is 23.2 Å². The molecule has 1 unspecified atom stereocenters. The lowest BCUT2D eigenvalue weighted by molar-refractivity contribution is -0.137. The number of nitrogens with zero attached hydrogens (tertiary/aromatic N) is 3. The lowest BCUT2D eigenvalue weighted by atomic mass is 10.2. The zero-order valence-electron chi connectivity index (χ0n) is 13.1. The third-order valence-electron chi connectivity index (χ3n) is 3.21. The molecule has 0 aliphatic rings. The van der Waals surface area contributed by atoms with Crippen molar-refractivity contribution in [2.75, 3.05) is 5.73 Å². The molecule has 0 aliphatic heterocycles. The molecule has 7 nitrogen and oxygen atoms in total. The van der Waals surface area contributed by atoms with E-state index in [0.29, 0.717) is 16.8 Å². The molecule has 0 aliphatic carbocycles. The number of aromatic nitrogens is 2. The average Bonchev–Trinajstić information content (AvgIpc) is 2.88. The van der Waals surface area contributed by atoms with Crippen LogP contribution < -0.4 is 17.3 Å². The van der Waals surface area contributed by atoms with Crippen molar-refractivity contribution in [1.29, 1.82) is 0 Å². The van der Waals surface area contributed by atoms with Gasteiger partial charge in [-0.05, 0) is 12.1 Å². The van der Waals surface area contributed by atoms with E-state index in [9.17, 15) is 30.6 Å². The van der Waals surface area contributed by atoms with E-state index in [1.165, 1.54) is 0 Å². The predicted octanol–water partition coefficient (Wildman–Crippen LogP) is 2.99. The highest BCUT2D eigenvalue weighted by molar-refractivity contribution is 7.86. The normalized spacial score (nSPS) is 14.4. The van der Waals surface area contributed by atoms with Gasteiger partial charge in [0.1, 0.15) is 22.1 Å². The highest BCUT2D eigenvalue weighted by atomic mass is 35.5. The van der Waals surface area contributed by atoms with E-state index >= 15 is 0 Å². The highest BCUT2D eigenvalue weighted by Crippen LogP contribution is 2.40. The number of nitrogens with two attached hydrogens (primary N) is 3. The van der Waals surface area contributed by atoms with Crippen molar-refractivity contribution in [2.45, 2.75) is 16.6 Å². The maximum Gasteiger partial charge on any atom is 0.476 e. The molecule has 1 heterocycles. The summed E-state index contributed by atoms with van der Waals surface area (Å²) < 4.78 is 89.6. The first-order valence-corrected chi connectivity index (χ1v) is 8.58. The second-order valence-electron chi connectivity index (χ2n) is 4.99. The minimum absolute atomic E-state index is 0.463. The van der Waals surface area contributed by atoms with Crippen LogP contribution in [0.3, 0.4) is 0 Å². The Morgan fingerprint density at radius 2 is 1.64 bits per heavy atom. The van der Waals surface area contributed by atoms with Crippen LogP contribution in [-0.4, -0.2) is 25.3 Å². The van der Waals surface area contributed by atoms with E-state index in [0.717, 1.165) is 0 Å². The Morgan fingerprint density at radius 1 is 1.14 bits per heavy atom. The summed E-state index contributed by atoms with van der Waals surface area (Å²) in [5, 5.41) is 5.29. The number of nitrogen functional groups attached to an aromatic ring is 1. The molecule has 28 heavy (non-hydrogen) atoms. The summed E-state index contributed by atoms with van der Waals surface area (Å²) in [6, 6.07) is 0.925. The fourth-order valence-corrected chi connectivity index (χ4v) is 3.52. The van der Waals surface area contributed by atoms with Crippen LogP contribution in [-0.2, 0) is 17.0 Å². The van der Waals surface area contributed by atoms with Crippen molar-refractivity contribution in [3.05, 3.63) is 33.4 Å². The summed E-state index contributed by atoms with van der Waals surface area (Å²) in [7, 11) is -3.72. The van der Waals surface area contributed by atoms with Gasteiger partial charge in [-0.2, -0.15) is 36.5 Å². The second-order valence-corrected chi connectivity index (χ2v) is 7.21. The quantitative estimate of drug-likeness (QED) is 0.210. The third-order valence-corrected chi connectivity index (χ3v) is 4.98. The van der Waals surface area contributed by atoms with Gasteiger partial charge in [0.15, 0.2) is 16.6 Å². The van der Waals surface area contributed by atoms with Gasteiger partial charge in [0, 0.05) is 0 Å². The summed E-state index contributed by atoms with van der Waals surface area (Å²) in [4.78, 5) is -1.11. The molecule has 1 atom stereocenters. The Hall–Kier alpha value is -2.19. The summed E-state index contributed by atoms with van der Waals surface area (Å²) in [6.45, 7) is 0. The molecule has 0 amide bonds. The van der Waals surface area contributed by atoms with Crippen molar-refractivity contribution in [3.8, 4) is 5.69 Å². The molecule has 0 bridgehead atoms. The van der Waals surface area contributed by atoms with E-state index in [2.05, 4.69) is 10.2 Å². The molecule has 2 aromatic rings. The van der Waals surface area contributed by atoms with Gasteiger partial charge in [-0.3, -0.25) is 0 Å². The van der Waals surface area contributed by atoms with Crippen LogP contribution in [0.4, 0.5) is 32.2 Å². The smallest absolute Gasteiger partial charge is 0.383 e. The number of anilines is 1. The number of alkyl halides is 6. The maximum absolute atomic E-state index is 12.9.